The number of carbonyl (C=O) groups excluding carboxylic acids is 2. The third kappa shape index (κ3) is 6.12. The number of carbonyl (C=O) groups is 2. The fraction of sp³-hybridized carbons (Fsp3) is 0.450. The van der Waals surface area contributed by atoms with Crippen molar-refractivity contribution in [1.82, 2.24) is 25.3 Å². The number of hydrogen-bond acceptors (Lipinski definition) is 5. The number of methoxy groups -OCH3 is 1. The van der Waals surface area contributed by atoms with Gasteiger partial charge < -0.3 is 15.0 Å². The molecule has 156 valence electrons. The second kappa shape index (κ2) is 10.5. The Morgan fingerprint density at radius 3 is 2.62 bits per heavy atom. The zero-order chi connectivity index (χ0) is 20.6. The van der Waals surface area contributed by atoms with Gasteiger partial charge in [0.25, 0.3) is 5.91 Å². The van der Waals surface area contributed by atoms with E-state index in [1.807, 2.05) is 24.3 Å². The van der Waals surface area contributed by atoms with Crippen LogP contribution in [0.15, 0.2) is 34.8 Å². The minimum Gasteiger partial charge on any atom is -0.385 e. The predicted molar refractivity (Wildman–Crippen MR) is 114 cm³/mol. The minimum absolute atomic E-state index is 0.00795. The van der Waals surface area contributed by atoms with Crippen molar-refractivity contribution in [3.63, 3.8) is 0 Å². The quantitative estimate of drug-likeness (QED) is 0.581. The molecule has 1 aliphatic rings. The average Bonchev–Trinajstić information content (AvgIpc) is 3.22. The van der Waals surface area contributed by atoms with Crippen molar-refractivity contribution < 1.29 is 14.3 Å². The molecule has 0 saturated carbocycles. The number of benzene rings is 1. The van der Waals surface area contributed by atoms with Gasteiger partial charge >= 0.3 is 0 Å². The fourth-order valence-corrected chi connectivity index (χ4v) is 3.45. The maximum absolute atomic E-state index is 12.8. The Morgan fingerprint density at radius 2 is 1.93 bits per heavy atom. The van der Waals surface area contributed by atoms with Crippen LogP contribution in [0.25, 0.3) is 11.3 Å². The van der Waals surface area contributed by atoms with Crippen LogP contribution in [0.4, 0.5) is 0 Å². The van der Waals surface area contributed by atoms with E-state index < -0.39 is 0 Å². The molecule has 1 fully saturated rings. The van der Waals surface area contributed by atoms with Gasteiger partial charge in [-0.25, -0.2) is 0 Å². The van der Waals surface area contributed by atoms with Gasteiger partial charge in [0, 0.05) is 56.5 Å². The van der Waals surface area contributed by atoms with E-state index >= 15 is 0 Å². The largest absolute Gasteiger partial charge is 0.385 e. The molecule has 2 amide bonds. The normalized spacial score (nSPS) is 14.8. The van der Waals surface area contributed by atoms with Crippen LogP contribution in [0.2, 0.25) is 0 Å². The van der Waals surface area contributed by atoms with E-state index in [4.69, 9.17) is 4.74 Å². The molecule has 0 radical (unpaired) electrons. The van der Waals surface area contributed by atoms with Crippen molar-refractivity contribution in [2.45, 2.75) is 6.42 Å². The van der Waals surface area contributed by atoms with Gasteiger partial charge in [-0.15, -0.1) is 0 Å². The summed E-state index contributed by atoms with van der Waals surface area (Å²) < 4.78 is 5.96. The van der Waals surface area contributed by atoms with Gasteiger partial charge in [0.15, 0.2) is 0 Å². The highest BCUT2D eigenvalue weighted by atomic mass is 79.9. The van der Waals surface area contributed by atoms with E-state index in [0.29, 0.717) is 51.6 Å². The molecular formula is C20H26BrN5O3. The first-order valence-electron chi connectivity index (χ1n) is 9.65. The molecule has 0 aliphatic carbocycles. The maximum atomic E-state index is 12.8. The highest BCUT2D eigenvalue weighted by Gasteiger charge is 2.24. The summed E-state index contributed by atoms with van der Waals surface area (Å²) in [5.41, 5.74) is 2.17. The fourth-order valence-electron chi connectivity index (χ4n) is 3.18. The molecule has 2 N–H and O–H groups in total. The van der Waals surface area contributed by atoms with Gasteiger partial charge in [0.1, 0.15) is 5.69 Å². The van der Waals surface area contributed by atoms with Crippen LogP contribution in [0.1, 0.15) is 16.9 Å². The molecule has 0 atom stereocenters. The van der Waals surface area contributed by atoms with Crippen LogP contribution in [-0.4, -0.2) is 84.8 Å². The zero-order valence-corrected chi connectivity index (χ0v) is 18.1. The summed E-state index contributed by atoms with van der Waals surface area (Å²) in [4.78, 5) is 28.6. The van der Waals surface area contributed by atoms with Crippen molar-refractivity contribution in [2.24, 2.45) is 0 Å². The lowest BCUT2D eigenvalue weighted by atomic mass is 10.1. The molecule has 9 heteroatoms. The standard InChI is InChI=1S/C20H26BrN5O3/c1-29-12-2-7-22-19(27)14-25-8-10-26(11-9-25)20(28)18-13-17(23-24-18)15-3-5-16(21)6-4-15/h3-6,13H,2,7-12,14H2,1H3,(H,22,27)(H,23,24). The SMILES string of the molecule is COCCCNC(=O)CN1CCN(C(=O)c2cc(-c3ccc(Br)cc3)n[nH]2)CC1. The number of rotatable bonds is 8. The summed E-state index contributed by atoms with van der Waals surface area (Å²) in [5, 5.41) is 10.0. The molecule has 1 aromatic heterocycles. The number of piperazine rings is 1. The van der Waals surface area contributed by atoms with E-state index in [-0.39, 0.29) is 11.8 Å². The van der Waals surface area contributed by atoms with E-state index in [2.05, 4.69) is 36.3 Å². The number of amides is 2. The van der Waals surface area contributed by atoms with Crippen LogP contribution < -0.4 is 5.32 Å². The van der Waals surface area contributed by atoms with Crippen LogP contribution >= 0.6 is 15.9 Å². The number of hydrogen-bond donors (Lipinski definition) is 2. The summed E-state index contributed by atoms with van der Waals surface area (Å²) in [6.07, 6.45) is 0.803. The molecule has 1 aromatic carbocycles. The lowest BCUT2D eigenvalue weighted by Crippen LogP contribution is -2.51. The second-order valence-corrected chi connectivity index (χ2v) is 7.85. The second-order valence-electron chi connectivity index (χ2n) is 6.94. The van der Waals surface area contributed by atoms with Gasteiger partial charge in [0.2, 0.25) is 5.91 Å². The summed E-state index contributed by atoms with van der Waals surface area (Å²) in [6.45, 7) is 4.12. The van der Waals surface area contributed by atoms with Gasteiger partial charge in [-0.05, 0) is 24.6 Å². The third-order valence-electron chi connectivity index (χ3n) is 4.82. The Labute approximate surface area is 178 Å². The van der Waals surface area contributed by atoms with E-state index in [9.17, 15) is 9.59 Å². The zero-order valence-electron chi connectivity index (χ0n) is 16.5. The highest BCUT2D eigenvalue weighted by molar-refractivity contribution is 9.10. The Balaban J connectivity index is 1.46. The monoisotopic (exact) mass is 463 g/mol. The first-order valence-corrected chi connectivity index (χ1v) is 10.4. The minimum atomic E-state index is -0.0653. The van der Waals surface area contributed by atoms with Gasteiger partial charge in [-0.2, -0.15) is 5.10 Å². The third-order valence-corrected chi connectivity index (χ3v) is 5.35. The number of ether oxygens (including phenoxy) is 1. The van der Waals surface area contributed by atoms with E-state index in [1.165, 1.54) is 0 Å². The van der Waals surface area contributed by atoms with Crippen LogP contribution in [0, 0.1) is 0 Å². The molecule has 3 rings (SSSR count). The number of aromatic amines is 1. The molecule has 1 aliphatic heterocycles. The lowest BCUT2D eigenvalue weighted by molar-refractivity contribution is -0.122. The molecule has 2 heterocycles. The van der Waals surface area contributed by atoms with Crippen molar-refractivity contribution in [3.8, 4) is 11.3 Å². The Morgan fingerprint density at radius 1 is 1.21 bits per heavy atom. The summed E-state index contributed by atoms with van der Waals surface area (Å²) >= 11 is 3.41. The molecular weight excluding hydrogens is 438 g/mol. The average molecular weight is 464 g/mol. The summed E-state index contributed by atoms with van der Waals surface area (Å²) in [7, 11) is 1.65. The number of nitrogens with one attached hydrogen (secondary N) is 2. The Hall–Kier alpha value is -2.23. The van der Waals surface area contributed by atoms with Crippen LogP contribution in [0.3, 0.4) is 0 Å². The van der Waals surface area contributed by atoms with Crippen molar-refractivity contribution >= 4 is 27.7 Å². The van der Waals surface area contributed by atoms with Gasteiger partial charge in [-0.3, -0.25) is 19.6 Å². The molecule has 0 spiro atoms. The van der Waals surface area contributed by atoms with Crippen LogP contribution in [0.5, 0.6) is 0 Å². The number of nitrogens with zero attached hydrogens (tertiary/aromatic N) is 3. The van der Waals surface area contributed by atoms with E-state index in [1.54, 1.807) is 18.1 Å². The summed E-state index contributed by atoms with van der Waals surface area (Å²) in [6, 6.07) is 9.57. The molecule has 2 aromatic rings. The first-order chi connectivity index (χ1) is 14.1. The van der Waals surface area contributed by atoms with Crippen molar-refractivity contribution in [2.75, 3.05) is 53.0 Å². The highest BCUT2D eigenvalue weighted by Crippen LogP contribution is 2.21. The molecule has 1 saturated heterocycles. The van der Waals surface area contributed by atoms with Crippen molar-refractivity contribution in [3.05, 3.63) is 40.5 Å². The number of H-pyrrole nitrogens is 1. The van der Waals surface area contributed by atoms with Gasteiger partial charge in [0.05, 0.1) is 12.2 Å². The van der Waals surface area contributed by atoms with Crippen LogP contribution in [-0.2, 0) is 9.53 Å². The number of aromatic nitrogens is 2. The molecule has 29 heavy (non-hydrogen) atoms. The van der Waals surface area contributed by atoms with Gasteiger partial charge in [-0.1, -0.05) is 28.1 Å². The Bertz CT molecular complexity index is 816. The smallest absolute Gasteiger partial charge is 0.271 e. The molecule has 0 bridgehead atoms. The first kappa shape index (κ1) is 21.5. The van der Waals surface area contributed by atoms with Crippen molar-refractivity contribution in [1.29, 1.82) is 0 Å². The number of halogens is 1. The Kier molecular flexibility index (Phi) is 7.79. The maximum Gasteiger partial charge on any atom is 0.271 e. The predicted octanol–water partition coefficient (Wildman–Crippen LogP) is 1.75. The lowest BCUT2D eigenvalue weighted by Gasteiger charge is -2.34. The molecule has 8 nitrogen and oxygen atoms in total. The topological polar surface area (TPSA) is 90.6 Å². The summed E-state index contributed by atoms with van der Waals surface area (Å²) in [5.74, 6) is -0.0573. The molecule has 0 unspecified atom stereocenters. The van der Waals surface area contributed by atoms with E-state index in [0.717, 1.165) is 22.2 Å².